The maximum absolute atomic E-state index is 5.08. The van der Waals surface area contributed by atoms with Gasteiger partial charge in [0.1, 0.15) is 5.82 Å². The lowest BCUT2D eigenvalue weighted by Gasteiger charge is -2.23. The molecule has 1 fully saturated rings. The number of aryl methyl sites for hydroxylation is 3. The molecule has 6 heteroatoms. The molecule has 5 rings (SSSR count). The predicted octanol–water partition coefficient (Wildman–Crippen LogP) is 3.30. The van der Waals surface area contributed by atoms with E-state index in [-0.39, 0.29) is 0 Å². The van der Waals surface area contributed by atoms with Crippen LogP contribution < -0.4 is 0 Å². The SMILES string of the molecule is Cc1cc(C)n2cc(CN3CCC[C@@H]3c3nc4c(n3C)CCCC4)nc2n1. The van der Waals surface area contributed by atoms with Gasteiger partial charge in [-0.1, -0.05) is 0 Å². The second kappa shape index (κ2) is 6.44. The number of imidazole rings is 2. The van der Waals surface area contributed by atoms with Crippen molar-refractivity contribution >= 4 is 5.78 Å². The molecule has 0 spiro atoms. The molecule has 3 aromatic heterocycles. The first kappa shape index (κ1) is 16.9. The molecule has 4 heterocycles. The lowest BCUT2D eigenvalue weighted by molar-refractivity contribution is 0.234. The van der Waals surface area contributed by atoms with E-state index in [2.05, 4.69) is 45.1 Å². The Bertz CT molecular complexity index is 998. The molecule has 0 amide bonds. The van der Waals surface area contributed by atoms with Crippen molar-refractivity contribution in [1.82, 2.24) is 28.8 Å². The van der Waals surface area contributed by atoms with E-state index in [0.717, 1.165) is 36.7 Å². The summed E-state index contributed by atoms with van der Waals surface area (Å²) in [4.78, 5) is 17.0. The number of fused-ring (bicyclic) bond motifs is 2. The highest BCUT2D eigenvalue weighted by atomic mass is 15.2. The maximum Gasteiger partial charge on any atom is 0.234 e. The zero-order chi connectivity index (χ0) is 18.5. The van der Waals surface area contributed by atoms with Crippen molar-refractivity contribution in [2.45, 2.75) is 65.0 Å². The van der Waals surface area contributed by atoms with Crippen LogP contribution in [0.3, 0.4) is 0 Å². The van der Waals surface area contributed by atoms with Crippen molar-refractivity contribution in [3.05, 3.63) is 46.6 Å². The Labute approximate surface area is 160 Å². The van der Waals surface area contributed by atoms with Gasteiger partial charge in [0.25, 0.3) is 0 Å². The Morgan fingerprint density at radius 3 is 2.78 bits per heavy atom. The van der Waals surface area contributed by atoms with Crippen LogP contribution in [0.2, 0.25) is 0 Å². The van der Waals surface area contributed by atoms with E-state index >= 15 is 0 Å². The fourth-order valence-electron chi connectivity index (χ4n) is 4.92. The molecule has 0 aromatic carbocycles. The Morgan fingerprint density at radius 2 is 1.93 bits per heavy atom. The highest BCUT2D eigenvalue weighted by molar-refractivity contribution is 5.34. The van der Waals surface area contributed by atoms with Gasteiger partial charge in [-0.3, -0.25) is 9.30 Å². The molecule has 0 bridgehead atoms. The molecule has 0 N–H and O–H groups in total. The fourth-order valence-corrected chi connectivity index (χ4v) is 4.92. The topological polar surface area (TPSA) is 51.2 Å². The number of likely N-dealkylation sites (tertiary alicyclic amines) is 1. The molecule has 0 saturated carbocycles. The molecule has 0 unspecified atom stereocenters. The van der Waals surface area contributed by atoms with Crippen molar-refractivity contribution in [2.75, 3.05) is 6.54 Å². The van der Waals surface area contributed by atoms with E-state index in [1.54, 1.807) is 0 Å². The minimum Gasteiger partial charge on any atom is -0.334 e. The van der Waals surface area contributed by atoms with Gasteiger partial charge in [-0.15, -0.1) is 0 Å². The minimum atomic E-state index is 0.404. The average molecular weight is 364 g/mol. The lowest BCUT2D eigenvalue weighted by atomic mass is 10.0. The number of nitrogens with zero attached hydrogens (tertiary/aromatic N) is 6. The third-order valence-corrected chi connectivity index (χ3v) is 6.25. The largest absolute Gasteiger partial charge is 0.334 e. The molecule has 2 aliphatic rings. The van der Waals surface area contributed by atoms with Gasteiger partial charge in [0, 0.05) is 36.9 Å². The van der Waals surface area contributed by atoms with Gasteiger partial charge in [-0.25, -0.2) is 15.0 Å². The highest BCUT2D eigenvalue weighted by Gasteiger charge is 2.32. The van der Waals surface area contributed by atoms with Crippen LogP contribution in [0.4, 0.5) is 0 Å². The summed E-state index contributed by atoms with van der Waals surface area (Å²) in [5.41, 5.74) is 6.11. The van der Waals surface area contributed by atoms with Crippen LogP contribution in [0.1, 0.15) is 66.0 Å². The zero-order valence-electron chi connectivity index (χ0n) is 16.6. The number of aromatic nitrogens is 5. The first-order chi connectivity index (χ1) is 13.1. The van der Waals surface area contributed by atoms with Gasteiger partial charge in [0.2, 0.25) is 5.78 Å². The monoisotopic (exact) mass is 364 g/mol. The van der Waals surface area contributed by atoms with Crippen LogP contribution in [0.5, 0.6) is 0 Å². The molecule has 1 aliphatic carbocycles. The molecule has 1 saturated heterocycles. The Hall–Kier alpha value is -2.21. The standard InChI is InChI=1S/C21H28N6/c1-14-11-15(2)27-13-16(23-21(27)22-14)12-26-10-6-9-19(26)20-24-17-7-4-5-8-18(17)25(20)3/h11,13,19H,4-10,12H2,1-3H3/t19-/m1/s1. The zero-order valence-corrected chi connectivity index (χ0v) is 16.6. The normalized spacial score (nSPS) is 20.5. The van der Waals surface area contributed by atoms with E-state index in [1.165, 1.54) is 55.0 Å². The van der Waals surface area contributed by atoms with E-state index in [1.807, 2.05) is 6.92 Å². The van der Waals surface area contributed by atoms with E-state index < -0.39 is 0 Å². The summed E-state index contributed by atoms with van der Waals surface area (Å²) in [5, 5.41) is 0. The Morgan fingerprint density at radius 1 is 1.07 bits per heavy atom. The van der Waals surface area contributed by atoms with Crippen LogP contribution >= 0.6 is 0 Å². The maximum atomic E-state index is 5.08. The summed E-state index contributed by atoms with van der Waals surface area (Å²) in [6.45, 7) is 6.12. The second-order valence-electron chi connectivity index (χ2n) is 8.20. The fraction of sp³-hybridized carbons (Fsp3) is 0.571. The van der Waals surface area contributed by atoms with Gasteiger partial charge >= 0.3 is 0 Å². The number of hydrogen-bond acceptors (Lipinski definition) is 4. The molecule has 3 aromatic rings. The van der Waals surface area contributed by atoms with E-state index in [9.17, 15) is 0 Å². The van der Waals surface area contributed by atoms with Crippen LogP contribution in [0.25, 0.3) is 5.78 Å². The molecule has 6 nitrogen and oxygen atoms in total. The molecule has 1 aliphatic heterocycles. The molecular weight excluding hydrogens is 336 g/mol. The van der Waals surface area contributed by atoms with Gasteiger partial charge < -0.3 is 4.57 Å². The first-order valence-corrected chi connectivity index (χ1v) is 10.2. The molecule has 142 valence electrons. The summed E-state index contributed by atoms with van der Waals surface area (Å²) < 4.78 is 4.49. The van der Waals surface area contributed by atoms with Crippen LogP contribution in [-0.4, -0.2) is 35.4 Å². The van der Waals surface area contributed by atoms with Crippen LogP contribution in [-0.2, 0) is 26.4 Å². The molecule has 0 radical (unpaired) electrons. The van der Waals surface area contributed by atoms with Crippen molar-refractivity contribution in [3.8, 4) is 0 Å². The highest BCUT2D eigenvalue weighted by Crippen LogP contribution is 2.34. The van der Waals surface area contributed by atoms with E-state index in [0.29, 0.717) is 6.04 Å². The predicted molar refractivity (Wildman–Crippen MR) is 105 cm³/mol. The number of rotatable bonds is 3. The molecule has 27 heavy (non-hydrogen) atoms. The molecular formula is C21H28N6. The summed E-state index contributed by atoms with van der Waals surface area (Å²) in [5.74, 6) is 2.07. The van der Waals surface area contributed by atoms with Crippen molar-refractivity contribution < 1.29 is 0 Å². The summed E-state index contributed by atoms with van der Waals surface area (Å²) in [7, 11) is 2.21. The smallest absolute Gasteiger partial charge is 0.234 e. The van der Waals surface area contributed by atoms with Gasteiger partial charge in [0.05, 0.1) is 17.4 Å². The Balaban J connectivity index is 1.44. The average Bonchev–Trinajstić information content (AvgIpc) is 3.33. The van der Waals surface area contributed by atoms with Crippen molar-refractivity contribution in [2.24, 2.45) is 7.05 Å². The summed E-state index contributed by atoms with van der Waals surface area (Å²) in [6, 6.07) is 2.51. The van der Waals surface area contributed by atoms with Crippen molar-refractivity contribution in [3.63, 3.8) is 0 Å². The number of hydrogen-bond donors (Lipinski definition) is 0. The Kier molecular flexibility index (Phi) is 4.04. The van der Waals surface area contributed by atoms with E-state index in [4.69, 9.17) is 9.97 Å². The minimum absolute atomic E-state index is 0.404. The third-order valence-electron chi connectivity index (χ3n) is 6.25. The van der Waals surface area contributed by atoms with Gasteiger partial charge in [-0.2, -0.15) is 0 Å². The van der Waals surface area contributed by atoms with Crippen molar-refractivity contribution in [1.29, 1.82) is 0 Å². The third kappa shape index (κ3) is 2.87. The summed E-state index contributed by atoms with van der Waals surface area (Å²) >= 11 is 0. The van der Waals surface area contributed by atoms with Gasteiger partial charge in [-0.05, 0) is 65.0 Å². The van der Waals surface area contributed by atoms with Crippen LogP contribution in [0, 0.1) is 13.8 Å². The second-order valence-corrected chi connectivity index (χ2v) is 8.20. The van der Waals surface area contributed by atoms with Gasteiger partial charge in [0.15, 0.2) is 0 Å². The summed E-state index contributed by atoms with van der Waals surface area (Å²) in [6.07, 6.45) is 9.47. The first-order valence-electron chi connectivity index (χ1n) is 10.2. The molecule has 1 atom stereocenters. The van der Waals surface area contributed by atoms with Crippen LogP contribution in [0.15, 0.2) is 12.3 Å². The lowest BCUT2D eigenvalue weighted by Crippen LogP contribution is -2.25. The quantitative estimate of drug-likeness (QED) is 0.716.